The Hall–Kier alpha value is -2.97. The van der Waals surface area contributed by atoms with Crippen molar-refractivity contribution in [3.8, 4) is 0 Å². The highest BCUT2D eigenvalue weighted by Crippen LogP contribution is 2.01. The number of aliphatic hydroxyl groups is 2. The van der Waals surface area contributed by atoms with Crippen molar-refractivity contribution >= 4 is 29.7 Å². The zero-order valence-electron chi connectivity index (χ0n) is 16.0. The van der Waals surface area contributed by atoms with Crippen LogP contribution in [-0.4, -0.2) is 88.9 Å². The summed E-state index contributed by atoms with van der Waals surface area (Å²) in [5, 5.41) is 34.7. The van der Waals surface area contributed by atoms with Gasteiger partial charge in [-0.3, -0.25) is 19.4 Å². The van der Waals surface area contributed by atoms with Crippen LogP contribution >= 0.6 is 0 Å². The van der Waals surface area contributed by atoms with Gasteiger partial charge in [0.2, 0.25) is 17.7 Å². The molecule has 29 heavy (non-hydrogen) atoms. The van der Waals surface area contributed by atoms with Crippen molar-refractivity contribution in [2.45, 2.75) is 44.0 Å². The summed E-state index contributed by atoms with van der Waals surface area (Å²) < 4.78 is 0. The summed E-state index contributed by atoms with van der Waals surface area (Å²) >= 11 is 0. The zero-order chi connectivity index (χ0) is 22.6. The first-order valence-corrected chi connectivity index (χ1v) is 8.70. The van der Waals surface area contributed by atoms with E-state index in [2.05, 4.69) is 20.9 Å². The topological polar surface area (TPSA) is 255 Å². The quantitative estimate of drug-likeness (QED) is 0.0779. The molecule has 0 aliphatic heterocycles. The molecule has 0 aromatic rings. The highest BCUT2D eigenvalue weighted by molar-refractivity contribution is 5.93. The standard InChI is InChI=1S/C15H29N7O7/c1-7(24)11(22-10(25)5-16)13(27)21-9(6-23)12(26)20-8(14(28)29)3-2-4-19-15(17)18/h7-9,11,23-24H,2-6,16H2,1H3,(H,20,26)(H,21,27)(H,22,25)(H,28,29)(H4,17,18,19). The van der Waals surface area contributed by atoms with E-state index in [1.807, 2.05) is 0 Å². The summed E-state index contributed by atoms with van der Waals surface area (Å²) in [6.45, 7) is 0.0982. The average Bonchev–Trinajstić information content (AvgIpc) is 2.64. The van der Waals surface area contributed by atoms with E-state index in [-0.39, 0.29) is 25.3 Å². The van der Waals surface area contributed by atoms with Crippen LogP contribution in [0.1, 0.15) is 19.8 Å². The number of aliphatic imine (C=N–C) groups is 1. The largest absolute Gasteiger partial charge is 0.480 e. The number of rotatable bonds is 13. The number of carbonyl (C=O) groups excluding carboxylic acids is 3. The van der Waals surface area contributed by atoms with E-state index in [1.165, 1.54) is 6.92 Å². The highest BCUT2D eigenvalue weighted by Gasteiger charge is 2.30. The fourth-order valence-electron chi connectivity index (χ4n) is 2.13. The van der Waals surface area contributed by atoms with Crippen molar-refractivity contribution in [2.75, 3.05) is 19.7 Å². The number of carboxylic acid groups (broad SMARTS) is 1. The molecule has 0 bridgehead atoms. The van der Waals surface area contributed by atoms with Gasteiger partial charge in [-0.15, -0.1) is 0 Å². The van der Waals surface area contributed by atoms with Crippen molar-refractivity contribution in [2.24, 2.45) is 22.2 Å². The monoisotopic (exact) mass is 419 g/mol. The Kier molecular flexibility index (Phi) is 11.9. The predicted molar refractivity (Wildman–Crippen MR) is 101 cm³/mol. The molecule has 12 N–H and O–H groups in total. The van der Waals surface area contributed by atoms with Crippen LogP contribution in [0, 0.1) is 0 Å². The maximum absolute atomic E-state index is 12.2. The van der Waals surface area contributed by atoms with Gasteiger partial charge in [0.15, 0.2) is 5.96 Å². The third-order valence-electron chi connectivity index (χ3n) is 3.64. The molecular weight excluding hydrogens is 390 g/mol. The molecule has 0 aromatic heterocycles. The molecule has 14 heteroatoms. The van der Waals surface area contributed by atoms with Gasteiger partial charge < -0.3 is 48.5 Å². The molecule has 0 aliphatic carbocycles. The molecule has 4 unspecified atom stereocenters. The van der Waals surface area contributed by atoms with Gasteiger partial charge in [-0.2, -0.15) is 0 Å². The lowest BCUT2D eigenvalue weighted by Crippen LogP contribution is -2.59. The van der Waals surface area contributed by atoms with E-state index >= 15 is 0 Å². The Morgan fingerprint density at radius 1 is 1.03 bits per heavy atom. The minimum absolute atomic E-state index is 0.00714. The maximum Gasteiger partial charge on any atom is 0.326 e. The summed E-state index contributed by atoms with van der Waals surface area (Å²) in [6.07, 6.45) is -1.08. The van der Waals surface area contributed by atoms with Crippen molar-refractivity contribution in [3.05, 3.63) is 0 Å². The second-order valence-electron chi connectivity index (χ2n) is 6.08. The van der Waals surface area contributed by atoms with Gasteiger partial charge in [0.25, 0.3) is 0 Å². The number of guanidine groups is 1. The number of aliphatic carboxylic acids is 1. The Morgan fingerprint density at radius 2 is 1.62 bits per heavy atom. The smallest absolute Gasteiger partial charge is 0.326 e. The van der Waals surface area contributed by atoms with E-state index < -0.39 is 61.1 Å². The molecule has 4 atom stereocenters. The molecule has 0 saturated carbocycles. The Balaban J connectivity index is 4.97. The minimum atomic E-state index is -1.52. The molecule has 0 fully saturated rings. The molecule has 0 heterocycles. The van der Waals surface area contributed by atoms with E-state index in [9.17, 15) is 34.5 Å². The third kappa shape index (κ3) is 10.2. The SMILES string of the molecule is CC(O)C(NC(=O)CN)C(=O)NC(CO)C(=O)NC(CCCN=C(N)N)C(=O)O. The Bertz CT molecular complexity index is 608. The molecule has 0 aromatic carbocycles. The molecule has 0 saturated heterocycles. The van der Waals surface area contributed by atoms with E-state index in [0.29, 0.717) is 0 Å². The molecule has 3 amide bonds. The number of aliphatic hydroxyl groups excluding tert-OH is 2. The second kappa shape index (κ2) is 13.2. The van der Waals surface area contributed by atoms with Crippen LogP contribution in [0.4, 0.5) is 0 Å². The zero-order valence-corrected chi connectivity index (χ0v) is 16.0. The van der Waals surface area contributed by atoms with Crippen LogP contribution in [0.3, 0.4) is 0 Å². The van der Waals surface area contributed by atoms with E-state index in [4.69, 9.17) is 17.2 Å². The van der Waals surface area contributed by atoms with E-state index in [0.717, 1.165) is 0 Å². The Morgan fingerprint density at radius 3 is 2.07 bits per heavy atom. The maximum atomic E-state index is 12.2. The number of carboxylic acids is 1. The van der Waals surface area contributed by atoms with Gasteiger partial charge in [0, 0.05) is 6.54 Å². The van der Waals surface area contributed by atoms with Crippen molar-refractivity contribution < 1.29 is 34.5 Å². The number of hydrogen-bond acceptors (Lipinski definition) is 8. The van der Waals surface area contributed by atoms with Gasteiger partial charge in [-0.1, -0.05) is 0 Å². The highest BCUT2D eigenvalue weighted by atomic mass is 16.4. The van der Waals surface area contributed by atoms with Gasteiger partial charge in [0.05, 0.1) is 19.3 Å². The molecule has 14 nitrogen and oxygen atoms in total. The van der Waals surface area contributed by atoms with Crippen LogP contribution < -0.4 is 33.2 Å². The molecule has 0 rings (SSSR count). The van der Waals surface area contributed by atoms with Crippen LogP contribution in [0.25, 0.3) is 0 Å². The first kappa shape index (κ1) is 26.0. The number of nitrogens with one attached hydrogen (secondary N) is 3. The molecule has 0 spiro atoms. The van der Waals surface area contributed by atoms with E-state index in [1.54, 1.807) is 0 Å². The van der Waals surface area contributed by atoms with Crippen molar-refractivity contribution in [1.29, 1.82) is 0 Å². The van der Waals surface area contributed by atoms with Crippen LogP contribution in [-0.2, 0) is 19.2 Å². The summed E-state index contributed by atoms with van der Waals surface area (Å²) in [6, 6.07) is -4.26. The number of hydrogen-bond donors (Lipinski definition) is 9. The second-order valence-corrected chi connectivity index (χ2v) is 6.08. The van der Waals surface area contributed by atoms with Gasteiger partial charge in [-0.25, -0.2) is 4.79 Å². The average molecular weight is 419 g/mol. The van der Waals surface area contributed by atoms with Crippen LogP contribution in [0.2, 0.25) is 0 Å². The first-order chi connectivity index (χ1) is 13.5. The molecule has 0 aliphatic rings. The van der Waals surface area contributed by atoms with Gasteiger partial charge in [0.1, 0.15) is 18.1 Å². The van der Waals surface area contributed by atoms with Crippen molar-refractivity contribution in [3.63, 3.8) is 0 Å². The number of amides is 3. The summed E-state index contributed by atoms with van der Waals surface area (Å²) in [4.78, 5) is 50.8. The number of carbonyl (C=O) groups is 4. The first-order valence-electron chi connectivity index (χ1n) is 8.70. The van der Waals surface area contributed by atoms with Gasteiger partial charge >= 0.3 is 5.97 Å². The fraction of sp³-hybridized carbons (Fsp3) is 0.667. The lowest BCUT2D eigenvalue weighted by atomic mass is 10.1. The summed E-state index contributed by atoms with van der Waals surface area (Å²) in [7, 11) is 0. The summed E-state index contributed by atoms with van der Waals surface area (Å²) in [5.74, 6) is -4.13. The normalized spacial score (nSPS) is 14.6. The van der Waals surface area contributed by atoms with Crippen molar-refractivity contribution in [1.82, 2.24) is 16.0 Å². The molecule has 166 valence electrons. The van der Waals surface area contributed by atoms with Gasteiger partial charge in [-0.05, 0) is 19.8 Å². The third-order valence-corrected chi connectivity index (χ3v) is 3.64. The lowest BCUT2D eigenvalue weighted by Gasteiger charge is -2.24. The molecule has 0 radical (unpaired) electrons. The van der Waals surface area contributed by atoms with Crippen LogP contribution in [0.5, 0.6) is 0 Å². The Labute approximate surface area is 166 Å². The van der Waals surface area contributed by atoms with Crippen LogP contribution in [0.15, 0.2) is 4.99 Å². The summed E-state index contributed by atoms with van der Waals surface area (Å²) in [5.41, 5.74) is 15.5. The fourth-order valence-corrected chi connectivity index (χ4v) is 2.13. The number of nitrogens with two attached hydrogens (primary N) is 3. The minimum Gasteiger partial charge on any atom is -0.480 e. The number of nitrogens with zero attached hydrogens (tertiary/aromatic N) is 1. The molecular formula is C15H29N7O7. The predicted octanol–water partition coefficient (Wildman–Crippen LogP) is -5.09. The lowest BCUT2D eigenvalue weighted by molar-refractivity contribution is -0.143.